The van der Waals surface area contributed by atoms with E-state index in [0.717, 1.165) is 5.82 Å². The van der Waals surface area contributed by atoms with Gasteiger partial charge in [0.1, 0.15) is 11.6 Å². The van der Waals surface area contributed by atoms with Crippen molar-refractivity contribution in [3.8, 4) is 0 Å². The molecule has 2 N–H and O–H groups in total. The van der Waals surface area contributed by atoms with Gasteiger partial charge in [0, 0.05) is 12.8 Å². The Bertz CT molecular complexity index is 332. The van der Waals surface area contributed by atoms with Crippen molar-refractivity contribution in [1.29, 1.82) is 0 Å². The molecule has 1 aliphatic rings. The van der Waals surface area contributed by atoms with Crippen LogP contribution >= 0.6 is 0 Å². The largest absolute Gasteiger partial charge is 0.391 e. The molecule has 1 aliphatic heterocycles. The van der Waals surface area contributed by atoms with Gasteiger partial charge in [-0.15, -0.1) is 0 Å². The average molecular weight is 209 g/mol. The number of nitrogens with one attached hydrogen (secondary N) is 1. The second kappa shape index (κ2) is 4.55. The number of hydrogen-bond donors (Lipinski definition) is 2. The van der Waals surface area contributed by atoms with Crippen LogP contribution in [0.2, 0.25) is 0 Å². The fourth-order valence-electron chi connectivity index (χ4n) is 1.59. The molecule has 0 bridgehead atoms. The third-order valence-electron chi connectivity index (χ3n) is 2.43. The van der Waals surface area contributed by atoms with Crippen molar-refractivity contribution in [1.82, 2.24) is 9.97 Å². The summed E-state index contributed by atoms with van der Waals surface area (Å²) >= 11 is 0. The Morgan fingerprint density at radius 2 is 2.47 bits per heavy atom. The number of aryl methyl sites for hydroxylation is 1. The summed E-state index contributed by atoms with van der Waals surface area (Å²) < 4.78 is 5.29. The number of rotatable bonds is 2. The summed E-state index contributed by atoms with van der Waals surface area (Å²) in [5, 5.41) is 12.9. The number of anilines is 1. The zero-order chi connectivity index (χ0) is 10.7. The van der Waals surface area contributed by atoms with Crippen molar-refractivity contribution in [2.24, 2.45) is 0 Å². The van der Waals surface area contributed by atoms with Crippen LogP contribution in [0.15, 0.2) is 12.3 Å². The van der Waals surface area contributed by atoms with Gasteiger partial charge < -0.3 is 15.2 Å². The lowest BCUT2D eigenvalue weighted by Gasteiger charge is -2.28. The molecule has 82 valence electrons. The standard InChI is InChI=1S/C10H15N3O2/c1-7-11-4-2-10(12-7)13-8-6-15-5-3-9(8)14/h2,4,8-9,14H,3,5-6H2,1H3,(H,11,12,13)/t8-,9-/m1/s1. The Kier molecular flexibility index (Phi) is 3.13. The summed E-state index contributed by atoms with van der Waals surface area (Å²) in [6.45, 7) is 2.98. The van der Waals surface area contributed by atoms with Gasteiger partial charge in [0.15, 0.2) is 0 Å². The van der Waals surface area contributed by atoms with Gasteiger partial charge in [0.05, 0.1) is 18.8 Å². The van der Waals surface area contributed by atoms with Gasteiger partial charge >= 0.3 is 0 Å². The second-order valence-corrected chi connectivity index (χ2v) is 3.67. The molecule has 1 aromatic rings. The van der Waals surface area contributed by atoms with E-state index in [1.54, 1.807) is 12.3 Å². The molecule has 5 heteroatoms. The van der Waals surface area contributed by atoms with Crippen molar-refractivity contribution < 1.29 is 9.84 Å². The van der Waals surface area contributed by atoms with Crippen molar-refractivity contribution in [2.45, 2.75) is 25.5 Å². The van der Waals surface area contributed by atoms with E-state index < -0.39 is 0 Å². The summed E-state index contributed by atoms with van der Waals surface area (Å²) in [7, 11) is 0. The van der Waals surface area contributed by atoms with Crippen LogP contribution in [0.4, 0.5) is 5.82 Å². The fourth-order valence-corrected chi connectivity index (χ4v) is 1.59. The van der Waals surface area contributed by atoms with Crippen molar-refractivity contribution >= 4 is 5.82 Å². The maximum absolute atomic E-state index is 9.71. The van der Waals surface area contributed by atoms with Crippen LogP contribution < -0.4 is 5.32 Å². The van der Waals surface area contributed by atoms with Gasteiger partial charge in [-0.2, -0.15) is 0 Å². The zero-order valence-electron chi connectivity index (χ0n) is 8.68. The minimum atomic E-state index is -0.367. The monoisotopic (exact) mass is 209 g/mol. The minimum absolute atomic E-state index is 0.0759. The Morgan fingerprint density at radius 1 is 1.60 bits per heavy atom. The number of hydrogen-bond acceptors (Lipinski definition) is 5. The third kappa shape index (κ3) is 2.64. The van der Waals surface area contributed by atoms with E-state index >= 15 is 0 Å². The Labute approximate surface area is 88.5 Å². The number of aliphatic hydroxyl groups is 1. The third-order valence-corrected chi connectivity index (χ3v) is 2.43. The first kappa shape index (κ1) is 10.3. The molecule has 15 heavy (non-hydrogen) atoms. The van der Waals surface area contributed by atoms with Crippen LogP contribution in [-0.4, -0.2) is 40.4 Å². The number of aromatic nitrogens is 2. The number of aliphatic hydroxyl groups excluding tert-OH is 1. The van der Waals surface area contributed by atoms with Gasteiger partial charge in [-0.1, -0.05) is 0 Å². The van der Waals surface area contributed by atoms with E-state index in [1.807, 2.05) is 6.92 Å². The van der Waals surface area contributed by atoms with Crippen molar-refractivity contribution in [2.75, 3.05) is 18.5 Å². The molecule has 0 amide bonds. The second-order valence-electron chi connectivity index (χ2n) is 3.67. The van der Waals surface area contributed by atoms with Crippen LogP contribution in [0.3, 0.4) is 0 Å². The van der Waals surface area contributed by atoms with Crippen LogP contribution in [0, 0.1) is 6.92 Å². The Morgan fingerprint density at radius 3 is 3.20 bits per heavy atom. The van der Waals surface area contributed by atoms with E-state index in [9.17, 15) is 5.11 Å². The van der Waals surface area contributed by atoms with Crippen LogP contribution in [0.25, 0.3) is 0 Å². The first-order valence-corrected chi connectivity index (χ1v) is 5.08. The quantitative estimate of drug-likeness (QED) is 0.735. The predicted molar refractivity (Wildman–Crippen MR) is 55.6 cm³/mol. The lowest BCUT2D eigenvalue weighted by molar-refractivity contribution is 0.00304. The number of nitrogens with zero attached hydrogens (tertiary/aromatic N) is 2. The molecule has 0 spiro atoms. The highest BCUT2D eigenvalue weighted by atomic mass is 16.5. The van der Waals surface area contributed by atoms with Crippen LogP contribution in [0.1, 0.15) is 12.2 Å². The summed E-state index contributed by atoms with van der Waals surface area (Å²) in [5.74, 6) is 1.45. The first-order valence-electron chi connectivity index (χ1n) is 5.08. The topological polar surface area (TPSA) is 67.3 Å². The molecule has 0 unspecified atom stereocenters. The van der Waals surface area contributed by atoms with Crippen LogP contribution in [-0.2, 0) is 4.74 Å². The zero-order valence-corrected chi connectivity index (χ0v) is 8.68. The van der Waals surface area contributed by atoms with Crippen molar-refractivity contribution in [3.05, 3.63) is 18.1 Å². The molecular weight excluding hydrogens is 194 g/mol. The highest BCUT2D eigenvalue weighted by Crippen LogP contribution is 2.12. The van der Waals surface area contributed by atoms with Crippen LogP contribution in [0.5, 0.6) is 0 Å². The summed E-state index contributed by atoms with van der Waals surface area (Å²) in [5.41, 5.74) is 0. The maximum atomic E-state index is 9.71. The van der Waals surface area contributed by atoms with Crippen molar-refractivity contribution in [3.63, 3.8) is 0 Å². The van der Waals surface area contributed by atoms with E-state index in [0.29, 0.717) is 25.5 Å². The summed E-state index contributed by atoms with van der Waals surface area (Å²) in [6.07, 6.45) is 2.00. The average Bonchev–Trinajstić information content (AvgIpc) is 2.22. The molecule has 2 heterocycles. The molecule has 5 nitrogen and oxygen atoms in total. The molecule has 1 saturated heterocycles. The lowest BCUT2D eigenvalue weighted by atomic mass is 10.1. The fraction of sp³-hybridized carbons (Fsp3) is 0.600. The smallest absolute Gasteiger partial charge is 0.130 e. The Hall–Kier alpha value is -1.20. The normalized spacial score (nSPS) is 26.3. The van der Waals surface area contributed by atoms with E-state index in [2.05, 4.69) is 15.3 Å². The SMILES string of the molecule is Cc1nccc(N[C@@H]2COCC[C@H]2O)n1. The molecule has 2 rings (SSSR count). The van der Waals surface area contributed by atoms with Gasteiger partial charge in [0.25, 0.3) is 0 Å². The molecule has 2 atom stereocenters. The molecule has 0 radical (unpaired) electrons. The molecule has 1 aromatic heterocycles. The highest BCUT2D eigenvalue weighted by Gasteiger charge is 2.23. The summed E-state index contributed by atoms with van der Waals surface area (Å²) in [6, 6.07) is 1.71. The minimum Gasteiger partial charge on any atom is -0.391 e. The van der Waals surface area contributed by atoms with Gasteiger partial charge in [-0.3, -0.25) is 0 Å². The van der Waals surface area contributed by atoms with Gasteiger partial charge in [-0.25, -0.2) is 9.97 Å². The van der Waals surface area contributed by atoms with E-state index in [1.165, 1.54) is 0 Å². The van der Waals surface area contributed by atoms with Gasteiger partial charge in [-0.05, 0) is 19.4 Å². The Balaban J connectivity index is 2.01. The molecular formula is C10H15N3O2. The molecule has 0 aliphatic carbocycles. The van der Waals surface area contributed by atoms with E-state index in [4.69, 9.17) is 4.74 Å². The van der Waals surface area contributed by atoms with E-state index in [-0.39, 0.29) is 12.1 Å². The molecule has 1 fully saturated rings. The molecule has 0 aromatic carbocycles. The predicted octanol–water partition coefficient (Wildman–Crippen LogP) is 0.347. The molecule has 0 saturated carbocycles. The maximum Gasteiger partial charge on any atom is 0.130 e. The summed E-state index contributed by atoms with van der Waals surface area (Å²) in [4.78, 5) is 8.22. The number of ether oxygens (including phenoxy) is 1. The van der Waals surface area contributed by atoms with Gasteiger partial charge in [0.2, 0.25) is 0 Å². The first-order chi connectivity index (χ1) is 7.25. The highest BCUT2D eigenvalue weighted by molar-refractivity contribution is 5.34. The lowest BCUT2D eigenvalue weighted by Crippen LogP contribution is -2.42.